The van der Waals surface area contributed by atoms with Crippen LogP contribution in [0, 0.1) is 5.92 Å². The molecular weight excluding hydrogens is 472 g/mol. The molecule has 1 rings (SSSR count). The molecule has 0 aliphatic heterocycles. The van der Waals surface area contributed by atoms with Gasteiger partial charge in [-0.15, -0.1) is 0 Å². The van der Waals surface area contributed by atoms with Crippen LogP contribution in [0.15, 0.2) is 24.3 Å². The predicted octanol–water partition coefficient (Wildman–Crippen LogP) is 11.1. The van der Waals surface area contributed by atoms with Gasteiger partial charge in [0.2, 0.25) is 0 Å². The maximum atomic E-state index is 3.92. The lowest BCUT2D eigenvalue weighted by atomic mass is 9.94. The molecule has 0 fully saturated rings. The molecule has 0 radical (unpaired) electrons. The molecule has 0 aliphatic rings. The number of nitrogens with one attached hydrogen (secondary N) is 1. The summed E-state index contributed by atoms with van der Waals surface area (Å²) in [6, 6.07) is 10.2. The molecule has 1 aromatic rings. The first-order valence-electron chi connectivity index (χ1n) is 17.6. The third kappa shape index (κ3) is 20.6. The van der Waals surface area contributed by atoms with Crippen LogP contribution in [0.4, 0.5) is 0 Å². The molecule has 228 valence electrons. The summed E-state index contributed by atoms with van der Waals surface area (Å²) in [5.41, 5.74) is 2.93. The fraction of sp³-hybridized carbons (Fsp3) is 0.838. The molecular formula is C37H70N2. The minimum atomic E-state index is 0.684. The molecule has 0 heterocycles. The fourth-order valence-electron chi connectivity index (χ4n) is 5.97. The van der Waals surface area contributed by atoms with E-state index in [2.05, 4.69) is 69.2 Å². The molecule has 2 heteroatoms. The van der Waals surface area contributed by atoms with Gasteiger partial charge in [-0.05, 0) is 56.2 Å². The van der Waals surface area contributed by atoms with E-state index >= 15 is 0 Å². The Morgan fingerprint density at radius 1 is 0.564 bits per heavy atom. The van der Waals surface area contributed by atoms with Crippen molar-refractivity contribution in [3.8, 4) is 0 Å². The highest BCUT2D eigenvalue weighted by Crippen LogP contribution is 2.20. The van der Waals surface area contributed by atoms with Gasteiger partial charge in [-0.25, -0.2) is 0 Å². The summed E-state index contributed by atoms with van der Waals surface area (Å²) in [4.78, 5) is 2.61. The third-order valence-corrected chi connectivity index (χ3v) is 8.71. The Morgan fingerprint density at radius 2 is 1.00 bits per heavy atom. The van der Waals surface area contributed by atoms with Gasteiger partial charge in [-0.1, -0.05) is 155 Å². The van der Waals surface area contributed by atoms with Crippen molar-refractivity contribution in [2.75, 3.05) is 20.1 Å². The van der Waals surface area contributed by atoms with E-state index in [0.717, 1.165) is 12.5 Å². The minimum absolute atomic E-state index is 0.684. The van der Waals surface area contributed by atoms with Crippen LogP contribution in [-0.4, -0.2) is 31.1 Å². The number of likely N-dealkylation sites (N-methyl/N-ethyl adjacent to an activating group) is 1. The lowest BCUT2D eigenvalue weighted by molar-refractivity contribution is 0.252. The SMILES string of the molecule is CCCCCCCC(CCCCC)NCc1ccc(CCN(C)CC(CCCCCC)CCCCCC)cc1. The fourth-order valence-corrected chi connectivity index (χ4v) is 5.97. The van der Waals surface area contributed by atoms with Crippen molar-refractivity contribution in [1.82, 2.24) is 10.2 Å². The van der Waals surface area contributed by atoms with E-state index in [0.29, 0.717) is 6.04 Å². The number of benzene rings is 1. The van der Waals surface area contributed by atoms with E-state index < -0.39 is 0 Å². The van der Waals surface area contributed by atoms with Crippen molar-refractivity contribution >= 4 is 0 Å². The van der Waals surface area contributed by atoms with Gasteiger partial charge in [-0.2, -0.15) is 0 Å². The molecule has 0 saturated carbocycles. The molecule has 0 bridgehead atoms. The van der Waals surface area contributed by atoms with Gasteiger partial charge in [0.05, 0.1) is 0 Å². The van der Waals surface area contributed by atoms with E-state index in [1.165, 1.54) is 159 Å². The van der Waals surface area contributed by atoms with Gasteiger partial charge in [-0.3, -0.25) is 0 Å². The summed E-state index contributed by atoms with van der Waals surface area (Å²) in [6.07, 6.45) is 28.9. The van der Waals surface area contributed by atoms with Crippen molar-refractivity contribution in [3.05, 3.63) is 35.4 Å². The van der Waals surface area contributed by atoms with Gasteiger partial charge in [0, 0.05) is 25.7 Å². The van der Waals surface area contributed by atoms with Gasteiger partial charge in [0.15, 0.2) is 0 Å². The topological polar surface area (TPSA) is 15.3 Å². The summed E-state index contributed by atoms with van der Waals surface area (Å²) in [5.74, 6) is 0.883. The first-order valence-corrected chi connectivity index (χ1v) is 17.6. The second kappa shape index (κ2) is 26.1. The molecule has 0 aliphatic carbocycles. The number of hydrogen-bond donors (Lipinski definition) is 1. The molecule has 39 heavy (non-hydrogen) atoms. The first kappa shape index (κ1) is 36.2. The Kier molecular flexibility index (Phi) is 24.2. The zero-order valence-corrected chi connectivity index (χ0v) is 27.4. The van der Waals surface area contributed by atoms with Crippen molar-refractivity contribution in [1.29, 1.82) is 0 Å². The van der Waals surface area contributed by atoms with Crippen LogP contribution < -0.4 is 5.32 Å². The van der Waals surface area contributed by atoms with E-state index in [4.69, 9.17) is 0 Å². The average molecular weight is 543 g/mol. The average Bonchev–Trinajstić information content (AvgIpc) is 2.95. The molecule has 0 aromatic heterocycles. The van der Waals surface area contributed by atoms with E-state index in [-0.39, 0.29) is 0 Å². The van der Waals surface area contributed by atoms with Crippen LogP contribution in [0.25, 0.3) is 0 Å². The van der Waals surface area contributed by atoms with Crippen LogP contribution in [0.3, 0.4) is 0 Å². The van der Waals surface area contributed by atoms with Crippen molar-refractivity contribution in [3.63, 3.8) is 0 Å². The second-order valence-electron chi connectivity index (χ2n) is 12.7. The number of hydrogen-bond acceptors (Lipinski definition) is 2. The molecule has 1 atom stereocenters. The van der Waals surface area contributed by atoms with Gasteiger partial charge in [0.25, 0.3) is 0 Å². The molecule has 0 spiro atoms. The van der Waals surface area contributed by atoms with Crippen molar-refractivity contribution in [2.45, 2.75) is 175 Å². The normalized spacial score (nSPS) is 12.6. The zero-order valence-electron chi connectivity index (χ0n) is 27.4. The van der Waals surface area contributed by atoms with Gasteiger partial charge >= 0.3 is 0 Å². The minimum Gasteiger partial charge on any atom is -0.310 e. The second-order valence-corrected chi connectivity index (χ2v) is 12.7. The van der Waals surface area contributed by atoms with Crippen LogP contribution in [0.5, 0.6) is 0 Å². The number of rotatable bonds is 28. The summed E-state index contributed by atoms with van der Waals surface area (Å²) < 4.78 is 0. The van der Waals surface area contributed by atoms with E-state index in [1.54, 1.807) is 0 Å². The quantitative estimate of drug-likeness (QED) is 0.106. The van der Waals surface area contributed by atoms with Gasteiger partial charge in [0.1, 0.15) is 0 Å². The Labute approximate surface area is 246 Å². The smallest absolute Gasteiger partial charge is 0.0208 e. The number of nitrogens with zero attached hydrogens (tertiary/aromatic N) is 1. The van der Waals surface area contributed by atoms with Crippen LogP contribution in [0.2, 0.25) is 0 Å². The highest BCUT2D eigenvalue weighted by molar-refractivity contribution is 5.22. The lowest BCUT2D eigenvalue weighted by Crippen LogP contribution is -2.28. The molecule has 1 aromatic carbocycles. The third-order valence-electron chi connectivity index (χ3n) is 8.71. The van der Waals surface area contributed by atoms with E-state index in [9.17, 15) is 0 Å². The van der Waals surface area contributed by atoms with Crippen LogP contribution in [0.1, 0.15) is 167 Å². The summed E-state index contributed by atoms with van der Waals surface area (Å²) in [5, 5.41) is 3.92. The molecule has 0 amide bonds. The molecule has 0 saturated heterocycles. The predicted molar refractivity (Wildman–Crippen MR) is 177 cm³/mol. The summed E-state index contributed by atoms with van der Waals surface area (Å²) in [7, 11) is 2.35. The monoisotopic (exact) mass is 543 g/mol. The maximum absolute atomic E-state index is 3.92. The Balaban J connectivity index is 2.44. The number of unbranched alkanes of at least 4 members (excludes halogenated alkanes) is 12. The zero-order chi connectivity index (χ0) is 28.4. The standard InChI is InChI=1S/C37H70N2/c1-6-10-14-17-21-25-37(24-18-13-9-4)38-32-35-28-26-34(27-29-35)30-31-39(5)33-36(22-19-15-11-7-2)23-20-16-12-8-3/h26-29,36-38H,6-25,30-33H2,1-5H3. The van der Waals surface area contributed by atoms with Crippen molar-refractivity contribution in [2.24, 2.45) is 5.92 Å². The Bertz CT molecular complexity index is 613. The maximum Gasteiger partial charge on any atom is 0.0208 e. The van der Waals surface area contributed by atoms with Crippen LogP contribution >= 0.6 is 0 Å². The van der Waals surface area contributed by atoms with Crippen LogP contribution in [-0.2, 0) is 13.0 Å². The largest absolute Gasteiger partial charge is 0.310 e. The lowest BCUT2D eigenvalue weighted by Gasteiger charge is -2.24. The first-order chi connectivity index (χ1) is 19.1. The van der Waals surface area contributed by atoms with Gasteiger partial charge < -0.3 is 10.2 Å². The molecule has 1 unspecified atom stereocenters. The summed E-state index contributed by atoms with van der Waals surface area (Å²) >= 11 is 0. The van der Waals surface area contributed by atoms with E-state index in [1.807, 2.05) is 0 Å². The summed E-state index contributed by atoms with van der Waals surface area (Å²) in [6.45, 7) is 12.7. The highest BCUT2D eigenvalue weighted by Gasteiger charge is 2.12. The van der Waals surface area contributed by atoms with Crippen molar-refractivity contribution < 1.29 is 0 Å². The Morgan fingerprint density at radius 3 is 1.56 bits per heavy atom. The molecule has 2 nitrogen and oxygen atoms in total. The Hall–Kier alpha value is -0.860. The molecule has 1 N–H and O–H groups in total. The highest BCUT2D eigenvalue weighted by atomic mass is 15.1.